The molecule has 0 spiro atoms. The molecule has 3 fully saturated rings. The molecule has 3 nitrogen and oxygen atoms in total. The molecular weight excluding hydrogens is 248 g/mol. The zero-order valence-corrected chi connectivity index (χ0v) is 13.2. The fourth-order valence-electron chi connectivity index (χ4n) is 4.46. The van der Waals surface area contributed by atoms with Gasteiger partial charge in [0.25, 0.3) is 0 Å². The van der Waals surface area contributed by atoms with Crippen LogP contribution in [0.2, 0.25) is 0 Å². The Morgan fingerprint density at radius 2 is 1.95 bits per heavy atom. The third-order valence-corrected chi connectivity index (χ3v) is 5.83. The van der Waals surface area contributed by atoms with E-state index in [0.717, 1.165) is 25.2 Å². The lowest BCUT2D eigenvalue weighted by Crippen LogP contribution is -2.55. The van der Waals surface area contributed by atoms with Crippen molar-refractivity contribution in [3.8, 4) is 0 Å². The SMILES string of the molecule is CC1(N2CCCNC(C3CCCCC3)C2)CCCOC1. The fourth-order valence-corrected chi connectivity index (χ4v) is 4.46. The molecule has 20 heavy (non-hydrogen) atoms. The third kappa shape index (κ3) is 3.37. The van der Waals surface area contributed by atoms with Crippen LogP contribution in [0.15, 0.2) is 0 Å². The molecule has 0 bridgehead atoms. The van der Waals surface area contributed by atoms with E-state index in [-0.39, 0.29) is 5.54 Å². The molecule has 0 aromatic heterocycles. The van der Waals surface area contributed by atoms with Crippen molar-refractivity contribution in [3.05, 3.63) is 0 Å². The highest BCUT2D eigenvalue weighted by Crippen LogP contribution is 2.31. The van der Waals surface area contributed by atoms with E-state index < -0.39 is 0 Å². The highest BCUT2D eigenvalue weighted by Gasteiger charge is 2.37. The Labute approximate surface area is 124 Å². The fraction of sp³-hybridized carbons (Fsp3) is 1.00. The third-order valence-electron chi connectivity index (χ3n) is 5.83. The predicted molar refractivity (Wildman–Crippen MR) is 83.0 cm³/mol. The average Bonchev–Trinajstić information content (AvgIpc) is 2.75. The maximum atomic E-state index is 5.80. The molecule has 2 unspecified atom stereocenters. The van der Waals surface area contributed by atoms with Gasteiger partial charge in [-0.3, -0.25) is 4.90 Å². The minimum atomic E-state index is 0.289. The molecule has 3 rings (SSSR count). The van der Waals surface area contributed by atoms with Crippen molar-refractivity contribution in [3.63, 3.8) is 0 Å². The standard InChI is InChI=1S/C17H32N2O/c1-17(9-5-12-20-14-17)19-11-6-10-18-16(13-19)15-7-3-2-4-8-15/h15-16,18H,2-14H2,1H3. The van der Waals surface area contributed by atoms with Gasteiger partial charge in [-0.1, -0.05) is 19.3 Å². The number of hydrogen-bond donors (Lipinski definition) is 1. The van der Waals surface area contributed by atoms with Crippen molar-refractivity contribution >= 4 is 0 Å². The molecule has 2 heterocycles. The second kappa shape index (κ2) is 6.76. The monoisotopic (exact) mass is 280 g/mol. The quantitative estimate of drug-likeness (QED) is 0.842. The first-order valence-electron chi connectivity index (χ1n) is 8.84. The van der Waals surface area contributed by atoms with Crippen LogP contribution in [0.25, 0.3) is 0 Å². The van der Waals surface area contributed by atoms with E-state index >= 15 is 0 Å². The van der Waals surface area contributed by atoms with Crippen LogP contribution in [0, 0.1) is 5.92 Å². The maximum absolute atomic E-state index is 5.80. The lowest BCUT2D eigenvalue weighted by Gasteiger charge is -2.45. The van der Waals surface area contributed by atoms with Gasteiger partial charge in [-0.25, -0.2) is 0 Å². The highest BCUT2D eigenvalue weighted by molar-refractivity contribution is 4.93. The number of hydrogen-bond acceptors (Lipinski definition) is 3. The van der Waals surface area contributed by atoms with E-state index in [9.17, 15) is 0 Å². The van der Waals surface area contributed by atoms with Crippen LogP contribution in [0.3, 0.4) is 0 Å². The van der Waals surface area contributed by atoms with E-state index in [1.165, 1.54) is 71.0 Å². The van der Waals surface area contributed by atoms with E-state index in [1.807, 2.05) is 0 Å². The first kappa shape index (κ1) is 14.8. The molecule has 2 aliphatic heterocycles. The molecule has 1 aliphatic carbocycles. The number of rotatable bonds is 2. The van der Waals surface area contributed by atoms with Crippen LogP contribution in [-0.2, 0) is 4.74 Å². The molecule has 0 amide bonds. The van der Waals surface area contributed by atoms with Crippen molar-refractivity contribution in [2.45, 2.75) is 69.9 Å². The van der Waals surface area contributed by atoms with Crippen LogP contribution < -0.4 is 5.32 Å². The van der Waals surface area contributed by atoms with Gasteiger partial charge in [0.2, 0.25) is 0 Å². The van der Waals surface area contributed by atoms with Crippen LogP contribution in [0.1, 0.15) is 58.3 Å². The van der Waals surface area contributed by atoms with E-state index in [4.69, 9.17) is 4.74 Å². The van der Waals surface area contributed by atoms with Gasteiger partial charge in [-0.2, -0.15) is 0 Å². The van der Waals surface area contributed by atoms with Gasteiger partial charge in [0.05, 0.1) is 6.61 Å². The lowest BCUT2D eigenvalue weighted by atomic mass is 9.83. The van der Waals surface area contributed by atoms with E-state index in [2.05, 4.69) is 17.1 Å². The molecule has 3 aliphatic rings. The second-order valence-corrected chi connectivity index (χ2v) is 7.41. The number of ether oxygens (including phenoxy) is 1. The first-order chi connectivity index (χ1) is 9.78. The Bertz CT molecular complexity index is 295. The molecule has 3 heteroatoms. The topological polar surface area (TPSA) is 24.5 Å². The van der Waals surface area contributed by atoms with Crippen LogP contribution in [-0.4, -0.2) is 49.3 Å². The van der Waals surface area contributed by atoms with Crippen LogP contribution >= 0.6 is 0 Å². The van der Waals surface area contributed by atoms with Gasteiger partial charge < -0.3 is 10.1 Å². The molecule has 0 aromatic rings. The Balaban J connectivity index is 1.64. The number of nitrogens with zero attached hydrogens (tertiary/aromatic N) is 1. The normalized spacial score (nSPS) is 38.5. The van der Waals surface area contributed by atoms with Gasteiger partial charge >= 0.3 is 0 Å². The minimum absolute atomic E-state index is 0.289. The van der Waals surface area contributed by atoms with Crippen molar-refractivity contribution in [1.82, 2.24) is 10.2 Å². The van der Waals surface area contributed by atoms with E-state index in [0.29, 0.717) is 0 Å². The molecule has 2 atom stereocenters. The predicted octanol–water partition coefficient (Wildman–Crippen LogP) is 2.80. The summed E-state index contributed by atoms with van der Waals surface area (Å²) in [5.74, 6) is 0.914. The highest BCUT2D eigenvalue weighted by atomic mass is 16.5. The first-order valence-corrected chi connectivity index (χ1v) is 8.84. The summed E-state index contributed by atoms with van der Waals surface area (Å²) in [6.45, 7) is 8.02. The summed E-state index contributed by atoms with van der Waals surface area (Å²) < 4.78 is 5.80. The summed E-state index contributed by atoms with van der Waals surface area (Å²) in [7, 11) is 0. The smallest absolute Gasteiger partial charge is 0.0647 e. The molecule has 116 valence electrons. The van der Waals surface area contributed by atoms with Crippen LogP contribution in [0.5, 0.6) is 0 Å². The van der Waals surface area contributed by atoms with Gasteiger partial charge in [-0.15, -0.1) is 0 Å². The Kier molecular flexibility index (Phi) is 5.00. The van der Waals surface area contributed by atoms with Gasteiger partial charge in [-0.05, 0) is 51.5 Å². The second-order valence-electron chi connectivity index (χ2n) is 7.41. The summed E-state index contributed by atoms with van der Waals surface area (Å²) in [5, 5.41) is 3.86. The zero-order valence-electron chi connectivity index (χ0n) is 13.2. The molecule has 0 radical (unpaired) electrons. The summed E-state index contributed by atoms with van der Waals surface area (Å²) in [6.07, 6.45) is 11.1. The summed E-state index contributed by atoms with van der Waals surface area (Å²) in [5.41, 5.74) is 0.289. The summed E-state index contributed by atoms with van der Waals surface area (Å²) in [6, 6.07) is 0.719. The van der Waals surface area contributed by atoms with Crippen molar-refractivity contribution in [2.75, 3.05) is 32.8 Å². The van der Waals surface area contributed by atoms with Gasteiger partial charge in [0, 0.05) is 31.3 Å². The average molecular weight is 280 g/mol. The molecule has 2 saturated heterocycles. The molecule has 0 aromatic carbocycles. The Hall–Kier alpha value is -0.120. The molecular formula is C17H32N2O. The molecule has 1 N–H and O–H groups in total. The zero-order chi connectivity index (χ0) is 13.8. The van der Waals surface area contributed by atoms with Crippen molar-refractivity contribution < 1.29 is 4.74 Å². The molecule has 1 saturated carbocycles. The minimum Gasteiger partial charge on any atom is -0.380 e. The largest absolute Gasteiger partial charge is 0.380 e. The summed E-state index contributed by atoms with van der Waals surface area (Å²) in [4.78, 5) is 2.76. The van der Waals surface area contributed by atoms with Crippen molar-refractivity contribution in [2.24, 2.45) is 5.92 Å². The lowest BCUT2D eigenvalue weighted by molar-refractivity contribution is -0.0425. The van der Waals surface area contributed by atoms with Crippen LogP contribution in [0.4, 0.5) is 0 Å². The number of nitrogens with one attached hydrogen (secondary N) is 1. The maximum Gasteiger partial charge on any atom is 0.0647 e. The van der Waals surface area contributed by atoms with Gasteiger partial charge in [0.1, 0.15) is 0 Å². The van der Waals surface area contributed by atoms with E-state index in [1.54, 1.807) is 0 Å². The van der Waals surface area contributed by atoms with Gasteiger partial charge in [0.15, 0.2) is 0 Å². The Morgan fingerprint density at radius 3 is 2.70 bits per heavy atom. The summed E-state index contributed by atoms with van der Waals surface area (Å²) >= 11 is 0. The Morgan fingerprint density at radius 1 is 1.10 bits per heavy atom. The van der Waals surface area contributed by atoms with Crippen molar-refractivity contribution in [1.29, 1.82) is 0 Å².